The molecule has 3 aromatic rings. The van der Waals surface area contributed by atoms with Crippen LogP contribution < -0.4 is 5.43 Å². The summed E-state index contributed by atoms with van der Waals surface area (Å²) in [5.41, 5.74) is 10.2. The third-order valence-corrected chi connectivity index (χ3v) is 5.09. The molecule has 1 amide bonds. The number of hydrogen-bond donors (Lipinski definition) is 1. The number of hydrogen-bond acceptors (Lipinski definition) is 3. The molecule has 5 heteroatoms. The van der Waals surface area contributed by atoms with Gasteiger partial charge in [0.15, 0.2) is 6.10 Å². The summed E-state index contributed by atoms with van der Waals surface area (Å²) in [5, 5.41) is 4.17. The van der Waals surface area contributed by atoms with E-state index < -0.39 is 6.10 Å². The molecule has 0 saturated carbocycles. The van der Waals surface area contributed by atoms with Gasteiger partial charge in [0.2, 0.25) is 0 Å². The lowest BCUT2D eigenvalue weighted by Crippen LogP contribution is -2.26. The predicted octanol–water partition coefficient (Wildman–Crippen LogP) is 4.55. The number of ether oxygens (including phenoxy) is 1. The normalized spacial score (nSPS) is 12.3. The second-order valence-electron chi connectivity index (χ2n) is 7.16. The van der Waals surface area contributed by atoms with Gasteiger partial charge in [-0.25, -0.2) is 5.43 Å². The molecule has 1 heterocycles. The first-order chi connectivity index (χ1) is 13.9. The van der Waals surface area contributed by atoms with E-state index in [1.807, 2.05) is 30.3 Å². The number of nitrogens with one attached hydrogen (secondary N) is 1. The summed E-state index contributed by atoms with van der Waals surface area (Å²) < 4.78 is 7.57. The van der Waals surface area contributed by atoms with Crippen LogP contribution >= 0.6 is 0 Å². The lowest BCUT2D eigenvalue weighted by atomic mass is 10.1. The SMILES string of the molecule is CO[C@H](C(=O)N/N=C\c1cc(C)n(-c2c(C)cccc2C)c1C)c1ccccc1. The second kappa shape index (κ2) is 8.88. The maximum absolute atomic E-state index is 12.5. The molecule has 0 aliphatic carbocycles. The summed E-state index contributed by atoms with van der Waals surface area (Å²) in [6.07, 6.45) is 0.984. The smallest absolute Gasteiger partial charge is 0.273 e. The van der Waals surface area contributed by atoms with Crippen molar-refractivity contribution in [1.82, 2.24) is 9.99 Å². The number of rotatable bonds is 6. The number of hydrazone groups is 1. The first-order valence-electron chi connectivity index (χ1n) is 9.60. The Morgan fingerprint density at radius 1 is 1.03 bits per heavy atom. The minimum atomic E-state index is -0.699. The maximum atomic E-state index is 12.5. The number of carbonyl (C=O) groups is 1. The fraction of sp³-hybridized carbons (Fsp3) is 0.250. The van der Waals surface area contributed by atoms with Crippen LogP contribution in [0.1, 0.15) is 39.7 Å². The summed E-state index contributed by atoms with van der Waals surface area (Å²) in [7, 11) is 1.51. The molecule has 5 nitrogen and oxygen atoms in total. The minimum absolute atomic E-state index is 0.307. The number of nitrogens with zero attached hydrogens (tertiary/aromatic N) is 2. The molecule has 0 saturated heterocycles. The summed E-state index contributed by atoms with van der Waals surface area (Å²) >= 11 is 0. The standard InChI is InChI=1S/C24H27N3O2/c1-16-10-9-11-17(2)22(16)27-18(3)14-21(19(27)4)15-25-26-24(28)23(29-5)20-12-7-6-8-13-20/h6-15,23H,1-5H3,(H,26,28)/b25-15-/t23-/m0/s1. The van der Waals surface area contributed by atoms with Crippen molar-refractivity contribution in [2.24, 2.45) is 5.10 Å². The molecule has 0 spiro atoms. The first-order valence-corrected chi connectivity index (χ1v) is 9.60. The van der Waals surface area contributed by atoms with E-state index in [4.69, 9.17) is 4.74 Å². The third kappa shape index (κ3) is 4.30. The molecule has 0 aliphatic rings. The molecule has 0 radical (unpaired) electrons. The van der Waals surface area contributed by atoms with E-state index in [2.05, 4.69) is 67.1 Å². The van der Waals surface area contributed by atoms with Crippen molar-refractivity contribution in [2.75, 3.05) is 7.11 Å². The number of amides is 1. The predicted molar refractivity (Wildman–Crippen MR) is 117 cm³/mol. The number of aryl methyl sites for hydroxylation is 3. The average Bonchev–Trinajstić information content (AvgIpc) is 2.97. The van der Waals surface area contributed by atoms with Gasteiger partial charge >= 0.3 is 0 Å². The molecule has 1 N–H and O–H groups in total. The fourth-order valence-corrected chi connectivity index (χ4v) is 3.67. The van der Waals surface area contributed by atoms with Crippen molar-refractivity contribution >= 4 is 12.1 Å². The van der Waals surface area contributed by atoms with Crippen molar-refractivity contribution in [3.05, 3.63) is 88.2 Å². The highest BCUT2D eigenvalue weighted by molar-refractivity contribution is 5.86. The van der Waals surface area contributed by atoms with Gasteiger partial charge < -0.3 is 9.30 Å². The van der Waals surface area contributed by atoms with Gasteiger partial charge in [0.25, 0.3) is 5.91 Å². The van der Waals surface area contributed by atoms with Crippen LogP contribution in [0.15, 0.2) is 59.7 Å². The Morgan fingerprint density at radius 2 is 1.69 bits per heavy atom. The highest BCUT2D eigenvalue weighted by atomic mass is 16.5. The van der Waals surface area contributed by atoms with Crippen LogP contribution in [-0.2, 0) is 9.53 Å². The zero-order valence-corrected chi connectivity index (χ0v) is 17.6. The summed E-state index contributed by atoms with van der Waals surface area (Å²) in [6.45, 7) is 8.36. The minimum Gasteiger partial charge on any atom is -0.367 e. The van der Waals surface area contributed by atoms with E-state index in [9.17, 15) is 4.79 Å². The molecule has 0 bridgehead atoms. The van der Waals surface area contributed by atoms with E-state index in [-0.39, 0.29) is 5.91 Å². The molecule has 0 aliphatic heterocycles. The fourth-order valence-electron chi connectivity index (χ4n) is 3.67. The second-order valence-corrected chi connectivity index (χ2v) is 7.16. The molecule has 1 atom stereocenters. The largest absolute Gasteiger partial charge is 0.367 e. The first kappa shape index (κ1) is 20.6. The summed E-state index contributed by atoms with van der Waals surface area (Å²) in [4.78, 5) is 12.5. The van der Waals surface area contributed by atoms with Gasteiger partial charge in [-0.1, -0.05) is 48.5 Å². The molecule has 0 unspecified atom stereocenters. The Kier molecular flexibility index (Phi) is 6.29. The Bertz CT molecular complexity index is 1020. The number of carbonyl (C=O) groups excluding carboxylic acids is 1. The average molecular weight is 389 g/mol. The third-order valence-electron chi connectivity index (χ3n) is 5.09. The zero-order chi connectivity index (χ0) is 21.0. The topological polar surface area (TPSA) is 55.6 Å². The summed E-state index contributed by atoms with van der Waals surface area (Å²) in [5.74, 6) is -0.307. The lowest BCUT2D eigenvalue weighted by Gasteiger charge is -2.15. The zero-order valence-electron chi connectivity index (χ0n) is 17.6. The molecule has 2 aromatic carbocycles. The van der Waals surface area contributed by atoms with Crippen LogP contribution in [0.5, 0.6) is 0 Å². The number of aromatic nitrogens is 1. The van der Waals surface area contributed by atoms with E-state index in [0.717, 1.165) is 22.5 Å². The molecule has 3 rings (SSSR count). The number of methoxy groups -OCH3 is 1. The van der Waals surface area contributed by atoms with Crippen molar-refractivity contribution < 1.29 is 9.53 Å². The van der Waals surface area contributed by atoms with Crippen LogP contribution in [-0.4, -0.2) is 23.8 Å². The van der Waals surface area contributed by atoms with Gasteiger partial charge in [0.05, 0.1) is 11.9 Å². The maximum Gasteiger partial charge on any atom is 0.273 e. The number of para-hydroxylation sites is 1. The van der Waals surface area contributed by atoms with Crippen molar-refractivity contribution in [2.45, 2.75) is 33.8 Å². The quantitative estimate of drug-likeness (QED) is 0.497. The molecular weight excluding hydrogens is 362 g/mol. The van der Waals surface area contributed by atoms with Gasteiger partial charge in [-0.15, -0.1) is 0 Å². The lowest BCUT2D eigenvalue weighted by molar-refractivity contribution is -0.131. The highest BCUT2D eigenvalue weighted by Crippen LogP contribution is 2.25. The van der Waals surface area contributed by atoms with Gasteiger partial charge in [0, 0.05) is 24.1 Å². The molecular formula is C24H27N3O2. The molecule has 29 heavy (non-hydrogen) atoms. The molecule has 1 aromatic heterocycles. The van der Waals surface area contributed by atoms with Crippen LogP contribution in [0, 0.1) is 27.7 Å². The van der Waals surface area contributed by atoms with Gasteiger partial charge in [-0.3, -0.25) is 4.79 Å². The van der Waals surface area contributed by atoms with Crippen LogP contribution in [0.4, 0.5) is 0 Å². The Balaban J connectivity index is 1.81. The van der Waals surface area contributed by atoms with Crippen LogP contribution in [0.3, 0.4) is 0 Å². The van der Waals surface area contributed by atoms with Crippen molar-refractivity contribution in [1.29, 1.82) is 0 Å². The number of benzene rings is 2. The Hall–Kier alpha value is -3.18. The summed E-state index contributed by atoms with van der Waals surface area (Å²) in [6, 6.07) is 17.7. The van der Waals surface area contributed by atoms with Crippen LogP contribution in [0.25, 0.3) is 5.69 Å². The van der Waals surface area contributed by atoms with E-state index in [1.54, 1.807) is 6.21 Å². The van der Waals surface area contributed by atoms with E-state index in [0.29, 0.717) is 0 Å². The van der Waals surface area contributed by atoms with Gasteiger partial charge in [-0.05, 0) is 50.5 Å². The van der Waals surface area contributed by atoms with Gasteiger partial charge in [0.1, 0.15) is 0 Å². The highest BCUT2D eigenvalue weighted by Gasteiger charge is 2.19. The Labute approximate surface area is 172 Å². The van der Waals surface area contributed by atoms with Gasteiger partial charge in [-0.2, -0.15) is 5.10 Å². The van der Waals surface area contributed by atoms with Crippen molar-refractivity contribution in [3.8, 4) is 5.69 Å². The van der Waals surface area contributed by atoms with Crippen LogP contribution in [0.2, 0.25) is 0 Å². The Morgan fingerprint density at radius 3 is 2.31 bits per heavy atom. The van der Waals surface area contributed by atoms with E-state index in [1.165, 1.54) is 23.9 Å². The monoisotopic (exact) mass is 389 g/mol. The molecule has 0 fully saturated rings. The molecule has 150 valence electrons. The van der Waals surface area contributed by atoms with E-state index >= 15 is 0 Å². The van der Waals surface area contributed by atoms with Crippen molar-refractivity contribution in [3.63, 3.8) is 0 Å².